The first kappa shape index (κ1) is 23.5. The number of carbonyl (C=O) groups is 1. The van der Waals surface area contributed by atoms with Crippen molar-refractivity contribution in [2.24, 2.45) is 0 Å². The number of para-hydroxylation sites is 1. The third-order valence-corrected chi connectivity index (χ3v) is 4.21. The van der Waals surface area contributed by atoms with Crippen molar-refractivity contribution >= 4 is 18.3 Å². The molecule has 1 saturated heterocycles. The lowest BCUT2D eigenvalue weighted by molar-refractivity contribution is -0.184. The van der Waals surface area contributed by atoms with Gasteiger partial charge in [0.1, 0.15) is 6.04 Å². The SMILES string of the molecule is CCC(Oc1ccccc1F)C(=O)NCC(N1CCNCC1)C(F)(F)F.Cl. The van der Waals surface area contributed by atoms with Crippen LogP contribution in [0, 0.1) is 5.82 Å². The molecule has 1 aliphatic heterocycles. The van der Waals surface area contributed by atoms with Crippen molar-refractivity contribution in [3.05, 3.63) is 30.1 Å². The number of piperazine rings is 1. The molecular formula is C17H24ClF4N3O2. The van der Waals surface area contributed by atoms with E-state index in [-0.39, 0.29) is 37.7 Å². The largest absolute Gasteiger partial charge is 0.478 e. The van der Waals surface area contributed by atoms with Gasteiger partial charge in [-0.3, -0.25) is 9.69 Å². The van der Waals surface area contributed by atoms with Gasteiger partial charge in [0, 0.05) is 32.7 Å². The molecule has 1 amide bonds. The van der Waals surface area contributed by atoms with Crippen molar-refractivity contribution < 1.29 is 27.1 Å². The molecule has 1 aromatic carbocycles. The molecule has 0 radical (unpaired) electrons. The van der Waals surface area contributed by atoms with E-state index in [1.54, 1.807) is 13.0 Å². The van der Waals surface area contributed by atoms with Gasteiger partial charge in [0.05, 0.1) is 0 Å². The molecule has 27 heavy (non-hydrogen) atoms. The van der Waals surface area contributed by atoms with Crippen LogP contribution in [-0.4, -0.2) is 61.9 Å². The van der Waals surface area contributed by atoms with Crippen LogP contribution in [0.5, 0.6) is 5.75 Å². The average Bonchev–Trinajstić information content (AvgIpc) is 2.61. The molecule has 1 heterocycles. The molecule has 0 spiro atoms. The van der Waals surface area contributed by atoms with E-state index in [1.807, 2.05) is 0 Å². The van der Waals surface area contributed by atoms with Crippen molar-refractivity contribution in [2.45, 2.75) is 31.7 Å². The summed E-state index contributed by atoms with van der Waals surface area (Å²) < 4.78 is 59.0. The molecule has 2 atom stereocenters. The van der Waals surface area contributed by atoms with Crippen LogP contribution in [0.1, 0.15) is 13.3 Å². The second kappa shape index (κ2) is 10.7. The van der Waals surface area contributed by atoms with Crippen LogP contribution in [0.25, 0.3) is 0 Å². The molecule has 2 rings (SSSR count). The molecule has 10 heteroatoms. The van der Waals surface area contributed by atoms with Crippen molar-refractivity contribution in [1.29, 1.82) is 0 Å². The third kappa shape index (κ3) is 6.82. The van der Waals surface area contributed by atoms with Crippen molar-refractivity contribution in [2.75, 3.05) is 32.7 Å². The Kier molecular flexibility index (Phi) is 9.28. The topological polar surface area (TPSA) is 53.6 Å². The number of nitrogens with zero attached hydrogens (tertiary/aromatic N) is 1. The Bertz CT molecular complexity index is 598. The van der Waals surface area contributed by atoms with Gasteiger partial charge >= 0.3 is 6.18 Å². The number of ether oxygens (including phenoxy) is 1. The summed E-state index contributed by atoms with van der Waals surface area (Å²) in [5, 5.41) is 5.30. The van der Waals surface area contributed by atoms with Crippen LogP contribution in [0.2, 0.25) is 0 Å². The smallest absolute Gasteiger partial charge is 0.405 e. The summed E-state index contributed by atoms with van der Waals surface area (Å²) in [6.07, 6.45) is -5.33. The van der Waals surface area contributed by atoms with Crippen LogP contribution < -0.4 is 15.4 Å². The zero-order valence-corrected chi connectivity index (χ0v) is 15.7. The minimum absolute atomic E-state index is 0. The van der Waals surface area contributed by atoms with Crippen molar-refractivity contribution in [3.63, 3.8) is 0 Å². The summed E-state index contributed by atoms with van der Waals surface area (Å²) in [4.78, 5) is 13.5. The lowest BCUT2D eigenvalue weighted by atomic mass is 10.2. The van der Waals surface area contributed by atoms with Gasteiger partial charge < -0.3 is 15.4 Å². The summed E-state index contributed by atoms with van der Waals surface area (Å²) in [5.41, 5.74) is 0. The molecule has 1 aromatic rings. The number of hydrogen-bond acceptors (Lipinski definition) is 4. The van der Waals surface area contributed by atoms with Gasteiger partial charge in [-0.2, -0.15) is 13.2 Å². The number of carbonyl (C=O) groups excluding carboxylic acids is 1. The van der Waals surface area contributed by atoms with Crippen LogP contribution >= 0.6 is 12.4 Å². The van der Waals surface area contributed by atoms with E-state index >= 15 is 0 Å². The van der Waals surface area contributed by atoms with E-state index in [2.05, 4.69) is 10.6 Å². The zero-order chi connectivity index (χ0) is 19.2. The Balaban J connectivity index is 0.00000364. The summed E-state index contributed by atoms with van der Waals surface area (Å²) >= 11 is 0. The standard InChI is InChI=1S/C17H23F4N3O2.ClH/c1-2-13(26-14-6-4-3-5-12(14)18)16(25)23-11-15(17(19,20)21)24-9-7-22-8-10-24;/h3-6,13,15,22H,2,7-11H2,1H3,(H,23,25);1H. The highest BCUT2D eigenvalue weighted by Gasteiger charge is 2.44. The van der Waals surface area contributed by atoms with Gasteiger partial charge in [0.15, 0.2) is 17.7 Å². The Hall–Kier alpha value is -1.58. The fourth-order valence-electron chi connectivity index (χ4n) is 2.77. The molecule has 0 aliphatic carbocycles. The first-order valence-electron chi connectivity index (χ1n) is 8.53. The van der Waals surface area contributed by atoms with Crippen molar-refractivity contribution in [1.82, 2.24) is 15.5 Å². The van der Waals surface area contributed by atoms with Gasteiger partial charge in [-0.1, -0.05) is 19.1 Å². The predicted octanol–water partition coefficient (Wildman–Crippen LogP) is 2.36. The van der Waals surface area contributed by atoms with Gasteiger partial charge in [0.2, 0.25) is 0 Å². The van der Waals surface area contributed by atoms with E-state index < -0.39 is 36.6 Å². The highest BCUT2D eigenvalue weighted by Crippen LogP contribution is 2.25. The maximum absolute atomic E-state index is 13.6. The average molecular weight is 414 g/mol. The minimum atomic E-state index is -4.46. The first-order valence-corrected chi connectivity index (χ1v) is 8.53. The van der Waals surface area contributed by atoms with Crippen LogP contribution in [0.4, 0.5) is 17.6 Å². The van der Waals surface area contributed by atoms with E-state index in [9.17, 15) is 22.4 Å². The molecule has 154 valence electrons. The first-order chi connectivity index (χ1) is 12.3. The van der Waals surface area contributed by atoms with E-state index in [0.717, 1.165) is 0 Å². The Labute approximate surface area is 161 Å². The molecule has 1 fully saturated rings. The van der Waals surface area contributed by atoms with Crippen LogP contribution in [-0.2, 0) is 4.79 Å². The molecule has 2 N–H and O–H groups in total. The number of rotatable bonds is 7. The maximum Gasteiger partial charge on any atom is 0.405 e. The number of amides is 1. The quantitative estimate of drug-likeness (QED) is 0.674. The molecule has 1 aliphatic rings. The fraction of sp³-hybridized carbons (Fsp3) is 0.588. The fourth-order valence-corrected chi connectivity index (χ4v) is 2.77. The Morgan fingerprint density at radius 2 is 1.93 bits per heavy atom. The summed E-state index contributed by atoms with van der Waals surface area (Å²) in [6.45, 7) is 2.51. The van der Waals surface area contributed by atoms with Gasteiger partial charge in [-0.05, 0) is 18.6 Å². The van der Waals surface area contributed by atoms with Crippen LogP contribution in [0.15, 0.2) is 24.3 Å². The summed E-state index contributed by atoms with van der Waals surface area (Å²) in [5.74, 6) is -1.43. The van der Waals surface area contributed by atoms with Gasteiger partial charge in [0.25, 0.3) is 5.91 Å². The molecule has 0 saturated carbocycles. The van der Waals surface area contributed by atoms with Gasteiger partial charge in [-0.25, -0.2) is 4.39 Å². The normalized spacial score (nSPS) is 17.5. The van der Waals surface area contributed by atoms with Crippen LogP contribution in [0.3, 0.4) is 0 Å². The van der Waals surface area contributed by atoms with Gasteiger partial charge in [-0.15, -0.1) is 12.4 Å². The highest BCUT2D eigenvalue weighted by atomic mass is 35.5. The van der Waals surface area contributed by atoms with E-state index in [0.29, 0.717) is 13.1 Å². The molecule has 0 bridgehead atoms. The second-order valence-corrected chi connectivity index (χ2v) is 6.03. The highest BCUT2D eigenvalue weighted by molar-refractivity contribution is 5.85. The lowest BCUT2D eigenvalue weighted by Gasteiger charge is -2.36. The third-order valence-electron chi connectivity index (χ3n) is 4.21. The maximum atomic E-state index is 13.6. The second-order valence-electron chi connectivity index (χ2n) is 6.03. The molecule has 0 aromatic heterocycles. The monoisotopic (exact) mass is 413 g/mol. The number of alkyl halides is 3. The number of nitrogens with one attached hydrogen (secondary N) is 2. The number of hydrogen-bond donors (Lipinski definition) is 2. The van der Waals surface area contributed by atoms with Crippen molar-refractivity contribution in [3.8, 4) is 5.75 Å². The number of benzene rings is 1. The summed E-state index contributed by atoms with van der Waals surface area (Å²) in [7, 11) is 0. The van der Waals surface area contributed by atoms with E-state index in [4.69, 9.17) is 4.74 Å². The zero-order valence-electron chi connectivity index (χ0n) is 14.9. The Morgan fingerprint density at radius 1 is 1.30 bits per heavy atom. The summed E-state index contributed by atoms with van der Waals surface area (Å²) in [6, 6.07) is 3.81. The minimum Gasteiger partial charge on any atom is -0.478 e. The molecule has 2 unspecified atom stereocenters. The predicted molar refractivity (Wildman–Crippen MR) is 95.7 cm³/mol. The number of halogens is 5. The molecular weight excluding hydrogens is 390 g/mol. The Morgan fingerprint density at radius 3 is 2.48 bits per heavy atom. The molecule has 5 nitrogen and oxygen atoms in total. The van der Waals surface area contributed by atoms with E-state index in [1.165, 1.54) is 23.1 Å². The lowest BCUT2D eigenvalue weighted by Crippen LogP contribution is -2.58.